The number of aryl methyl sites for hydroxylation is 1. The largest absolute Gasteiger partial charge is 0.337 e. The average Bonchev–Trinajstić information content (AvgIpc) is 2.98. The normalized spacial score (nSPS) is 14.9. The molecule has 1 saturated heterocycles. The van der Waals surface area contributed by atoms with Crippen LogP contribution in [0.2, 0.25) is 0 Å². The van der Waals surface area contributed by atoms with Crippen LogP contribution in [0.4, 0.5) is 0 Å². The van der Waals surface area contributed by atoms with E-state index in [1.807, 2.05) is 31.7 Å². The van der Waals surface area contributed by atoms with E-state index in [0.717, 1.165) is 12.1 Å². The van der Waals surface area contributed by atoms with Crippen molar-refractivity contribution in [3.63, 3.8) is 0 Å². The Morgan fingerprint density at radius 1 is 1.03 bits per heavy atom. The Morgan fingerprint density at radius 3 is 2.37 bits per heavy atom. The molecule has 4 heterocycles. The van der Waals surface area contributed by atoms with Gasteiger partial charge in [-0.1, -0.05) is 19.0 Å². The van der Waals surface area contributed by atoms with Crippen LogP contribution in [0.5, 0.6) is 0 Å². The second-order valence-electron chi connectivity index (χ2n) is 7.87. The summed E-state index contributed by atoms with van der Waals surface area (Å²) in [5.74, 6) is 0.0488. The Balaban J connectivity index is 1.57. The first-order chi connectivity index (χ1) is 14.5. The van der Waals surface area contributed by atoms with E-state index in [4.69, 9.17) is 4.52 Å². The molecule has 0 bridgehead atoms. The van der Waals surface area contributed by atoms with Gasteiger partial charge < -0.3 is 14.3 Å². The molecule has 0 atom stereocenters. The molecule has 1 fully saturated rings. The summed E-state index contributed by atoms with van der Waals surface area (Å²) in [6.45, 7) is 8.03. The van der Waals surface area contributed by atoms with Crippen molar-refractivity contribution in [2.45, 2.75) is 33.1 Å². The van der Waals surface area contributed by atoms with Crippen LogP contribution in [0.3, 0.4) is 0 Å². The summed E-state index contributed by atoms with van der Waals surface area (Å²) >= 11 is 0. The molecule has 1 aliphatic rings. The second kappa shape index (κ2) is 8.22. The van der Waals surface area contributed by atoms with E-state index in [9.17, 15) is 9.59 Å². The minimum absolute atomic E-state index is 0.0324. The lowest BCUT2D eigenvalue weighted by molar-refractivity contribution is 0.0719. The molecule has 8 nitrogen and oxygen atoms in total. The Hall–Kier alpha value is -3.29. The van der Waals surface area contributed by atoms with Crippen molar-refractivity contribution in [3.05, 3.63) is 53.1 Å². The summed E-state index contributed by atoms with van der Waals surface area (Å²) < 4.78 is 5.35. The van der Waals surface area contributed by atoms with Crippen molar-refractivity contribution in [1.29, 1.82) is 0 Å². The number of rotatable bonds is 3. The van der Waals surface area contributed by atoms with Crippen molar-refractivity contribution in [2.75, 3.05) is 26.2 Å². The number of carbonyl (C=O) groups excluding carboxylic acids is 2. The molecule has 2 amide bonds. The van der Waals surface area contributed by atoms with E-state index < -0.39 is 0 Å². The molecule has 0 unspecified atom stereocenters. The zero-order valence-corrected chi connectivity index (χ0v) is 17.5. The summed E-state index contributed by atoms with van der Waals surface area (Å²) in [5, 5.41) is 4.67. The first-order valence-electron chi connectivity index (χ1n) is 10.2. The highest BCUT2D eigenvalue weighted by atomic mass is 16.5. The first-order valence-corrected chi connectivity index (χ1v) is 10.2. The molecule has 0 aliphatic carbocycles. The maximum Gasteiger partial charge on any atom is 0.259 e. The number of fused-ring (bicyclic) bond motifs is 1. The van der Waals surface area contributed by atoms with E-state index >= 15 is 0 Å². The van der Waals surface area contributed by atoms with Crippen LogP contribution in [0.15, 0.2) is 35.1 Å². The molecule has 0 saturated carbocycles. The molecule has 4 rings (SSSR count). The molecular weight excluding hydrogens is 382 g/mol. The van der Waals surface area contributed by atoms with E-state index in [1.165, 1.54) is 0 Å². The summed E-state index contributed by atoms with van der Waals surface area (Å²) in [5.41, 5.74) is 3.02. The quantitative estimate of drug-likeness (QED) is 0.663. The Bertz CT molecular complexity index is 1080. The maximum absolute atomic E-state index is 13.5. The van der Waals surface area contributed by atoms with Crippen LogP contribution in [0.25, 0.3) is 11.1 Å². The van der Waals surface area contributed by atoms with E-state index in [0.29, 0.717) is 54.1 Å². The number of hydrogen-bond donors (Lipinski definition) is 0. The van der Waals surface area contributed by atoms with Crippen molar-refractivity contribution in [2.24, 2.45) is 0 Å². The Kier molecular flexibility index (Phi) is 5.48. The van der Waals surface area contributed by atoms with Gasteiger partial charge in [0, 0.05) is 49.8 Å². The highest BCUT2D eigenvalue weighted by molar-refractivity contribution is 6.06. The molecule has 30 heavy (non-hydrogen) atoms. The molecule has 0 spiro atoms. The molecule has 3 aromatic rings. The zero-order valence-electron chi connectivity index (χ0n) is 17.5. The number of nitrogens with zero attached hydrogens (tertiary/aromatic N) is 5. The van der Waals surface area contributed by atoms with Crippen molar-refractivity contribution in [3.8, 4) is 0 Å². The Labute approximate surface area is 174 Å². The number of pyridine rings is 2. The second-order valence-corrected chi connectivity index (χ2v) is 7.87. The SMILES string of the molecule is Cc1noc2nc(C(C)C)cc(C(=O)N3CCCN(C(=O)c4ccncc4)CC3)c12. The molecule has 0 aromatic carbocycles. The fourth-order valence-corrected chi connectivity index (χ4v) is 3.75. The topological polar surface area (TPSA) is 92.4 Å². The number of hydrogen-bond acceptors (Lipinski definition) is 6. The van der Waals surface area contributed by atoms with Gasteiger partial charge >= 0.3 is 0 Å². The molecule has 156 valence electrons. The maximum atomic E-state index is 13.5. The fourth-order valence-electron chi connectivity index (χ4n) is 3.75. The lowest BCUT2D eigenvalue weighted by Gasteiger charge is -2.23. The molecule has 8 heteroatoms. The van der Waals surface area contributed by atoms with E-state index in [2.05, 4.69) is 15.1 Å². The molecular formula is C22H25N5O3. The molecule has 1 aliphatic heterocycles. The fraction of sp³-hybridized carbons (Fsp3) is 0.409. The van der Waals surface area contributed by atoms with Crippen LogP contribution in [-0.2, 0) is 0 Å². The smallest absolute Gasteiger partial charge is 0.259 e. The minimum atomic E-state index is -0.0752. The third kappa shape index (κ3) is 3.77. The van der Waals surface area contributed by atoms with Gasteiger partial charge in [-0.05, 0) is 37.5 Å². The van der Waals surface area contributed by atoms with Gasteiger partial charge in [-0.3, -0.25) is 14.6 Å². The third-order valence-electron chi connectivity index (χ3n) is 5.46. The lowest BCUT2D eigenvalue weighted by atomic mass is 10.0. The summed E-state index contributed by atoms with van der Waals surface area (Å²) in [6.07, 6.45) is 3.95. The van der Waals surface area contributed by atoms with Crippen LogP contribution in [0, 0.1) is 6.92 Å². The van der Waals surface area contributed by atoms with Crippen molar-refractivity contribution >= 4 is 22.9 Å². The van der Waals surface area contributed by atoms with Crippen molar-refractivity contribution in [1.82, 2.24) is 24.9 Å². The Morgan fingerprint density at radius 2 is 1.70 bits per heavy atom. The first kappa shape index (κ1) is 20.0. The van der Waals surface area contributed by atoms with Crippen molar-refractivity contribution < 1.29 is 14.1 Å². The third-order valence-corrected chi connectivity index (χ3v) is 5.46. The standard InChI is InChI=1S/C22H25N5O3/c1-14(2)18-13-17(19-15(3)25-30-20(19)24-18)22(29)27-10-4-9-26(11-12-27)21(28)16-5-7-23-8-6-16/h5-8,13-14H,4,9-12H2,1-3H3. The van der Waals surface area contributed by atoms with Gasteiger partial charge in [-0.2, -0.15) is 0 Å². The number of amides is 2. The predicted molar refractivity (Wildman–Crippen MR) is 111 cm³/mol. The highest BCUT2D eigenvalue weighted by Gasteiger charge is 2.27. The summed E-state index contributed by atoms with van der Waals surface area (Å²) in [6, 6.07) is 5.28. The monoisotopic (exact) mass is 407 g/mol. The van der Waals surface area contributed by atoms with Gasteiger partial charge in [0.15, 0.2) is 0 Å². The summed E-state index contributed by atoms with van der Waals surface area (Å²) in [4.78, 5) is 38.3. The summed E-state index contributed by atoms with van der Waals surface area (Å²) in [7, 11) is 0. The van der Waals surface area contributed by atoms with Gasteiger partial charge in [0.25, 0.3) is 17.5 Å². The van der Waals surface area contributed by atoms with Gasteiger partial charge in [0.05, 0.1) is 16.6 Å². The highest BCUT2D eigenvalue weighted by Crippen LogP contribution is 2.26. The van der Waals surface area contributed by atoms with E-state index in [1.54, 1.807) is 29.4 Å². The predicted octanol–water partition coefficient (Wildman–Crippen LogP) is 3.04. The van der Waals surface area contributed by atoms with Gasteiger partial charge in [0.2, 0.25) is 0 Å². The average molecular weight is 407 g/mol. The molecule has 3 aromatic heterocycles. The van der Waals surface area contributed by atoms with Gasteiger partial charge in [0.1, 0.15) is 0 Å². The van der Waals surface area contributed by atoms with Gasteiger partial charge in [-0.15, -0.1) is 0 Å². The number of carbonyl (C=O) groups is 2. The van der Waals surface area contributed by atoms with Crippen LogP contribution < -0.4 is 0 Å². The van der Waals surface area contributed by atoms with Gasteiger partial charge in [-0.25, -0.2) is 4.98 Å². The minimum Gasteiger partial charge on any atom is -0.337 e. The molecule has 0 N–H and O–H groups in total. The molecule has 0 radical (unpaired) electrons. The number of aromatic nitrogens is 3. The lowest BCUT2D eigenvalue weighted by Crippen LogP contribution is -2.37. The van der Waals surface area contributed by atoms with Crippen LogP contribution in [0.1, 0.15) is 58.3 Å². The zero-order chi connectivity index (χ0) is 21.3. The van der Waals surface area contributed by atoms with Crippen LogP contribution in [-0.4, -0.2) is 62.9 Å². The van der Waals surface area contributed by atoms with Crippen LogP contribution >= 0.6 is 0 Å². The van der Waals surface area contributed by atoms with E-state index in [-0.39, 0.29) is 17.7 Å².